The number of benzene rings is 2. The quantitative estimate of drug-likeness (QED) is 0.870. The second-order valence-corrected chi connectivity index (χ2v) is 6.09. The van der Waals surface area contributed by atoms with Crippen molar-refractivity contribution in [2.75, 3.05) is 13.6 Å². The van der Waals surface area contributed by atoms with Gasteiger partial charge in [-0.15, -0.1) is 0 Å². The standard InChI is InChI=1S/C19H23NO/c1-20(14-15-12-13-15)18(16-8-4-2-5-9-16)19(21)17-10-6-3-7-11-17/h2-11,15,18-19,21H,12-14H2,1H3. The molecule has 2 nitrogen and oxygen atoms in total. The van der Waals surface area contributed by atoms with Crippen LogP contribution in [-0.4, -0.2) is 23.6 Å². The highest BCUT2D eigenvalue weighted by molar-refractivity contribution is 5.26. The van der Waals surface area contributed by atoms with Crippen molar-refractivity contribution in [3.05, 3.63) is 71.8 Å². The Morgan fingerprint density at radius 1 is 0.952 bits per heavy atom. The molecule has 1 aliphatic carbocycles. The number of aliphatic hydroxyl groups excluding tert-OH is 1. The Hall–Kier alpha value is -1.64. The molecule has 0 amide bonds. The number of rotatable bonds is 6. The van der Waals surface area contributed by atoms with Crippen LogP contribution in [0.2, 0.25) is 0 Å². The summed E-state index contributed by atoms with van der Waals surface area (Å²) in [6.07, 6.45) is 2.15. The van der Waals surface area contributed by atoms with Gasteiger partial charge in [-0.3, -0.25) is 4.90 Å². The number of nitrogens with zero attached hydrogens (tertiary/aromatic N) is 1. The number of aliphatic hydroxyl groups is 1. The summed E-state index contributed by atoms with van der Waals surface area (Å²) in [5.74, 6) is 0.809. The summed E-state index contributed by atoms with van der Waals surface area (Å²) in [4.78, 5) is 2.31. The van der Waals surface area contributed by atoms with Gasteiger partial charge in [0.15, 0.2) is 0 Å². The van der Waals surface area contributed by atoms with Crippen LogP contribution in [-0.2, 0) is 0 Å². The Morgan fingerprint density at radius 2 is 1.48 bits per heavy atom. The topological polar surface area (TPSA) is 23.5 Å². The van der Waals surface area contributed by atoms with Crippen LogP contribution >= 0.6 is 0 Å². The van der Waals surface area contributed by atoms with Crippen LogP contribution < -0.4 is 0 Å². The highest BCUT2D eigenvalue weighted by atomic mass is 16.3. The average Bonchev–Trinajstić information content (AvgIpc) is 3.33. The first-order valence-corrected chi connectivity index (χ1v) is 7.74. The fourth-order valence-corrected chi connectivity index (χ4v) is 2.98. The monoisotopic (exact) mass is 281 g/mol. The molecule has 2 aromatic rings. The lowest BCUT2D eigenvalue weighted by molar-refractivity contribution is 0.0595. The lowest BCUT2D eigenvalue weighted by Gasteiger charge is -2.32. The third kappa shape index (κ3) is 3.52. The maximum absolute atomic E-state index is 10.9. The van der Waals surface area contributed by atoms with Gasteiger partial charge in [-0.1, -0.05) is 60.7 Å². The summed E-state index contributed by atoms with van der Waals surface area (Å²) >= 11 is 0. The van der Waals surface area contributed by atoms with Crippen LogP contribution in [0.15, 0.2) is 60.7 Å². The fourth-order valence-electron chi connectivity index (χ4n) is 2.98. The summed E-state index contributed by atoms with van der Waals surface area (Å²) < 4.78 is 0. The summed E-state index contributed by atoms with van der Waals surface area (Å²) in [7, 11) is 2.13. The maximum Gasteiger partial charge on any atom is 0.0986 e. The van der Waals surface area contributed by atoms with Crippen LogP contribution in [0.25, 0.3) is 0 Å². The van der Waals surface area contributed by atoms with Crippen molar-refractivity contribution in [3.63, 3.8) is 0 Å². The van der Waals surface area contributed by atoms with Gasteiger partial charge in [0, 0.05) is 6.54 Å². The van der Waals surface area contributed by atoms with Crippen LogP contribution in [0.1, 0.15) is 36.1 Å². The third-order valence-electron chi connectivity index (χ3n) is 4.30. The summed E-state index contributed by atoms with van der Waals surface area (Å²) in [6, 6.07) is 20.3. The fraction of sp³-hybridized carbons (Fsp3) is 0.368. The van der Waals surface area contributed by atoms with E-state index >= 15 is 0 Å². The Bertz CT molecular complexity index is 550. The second kappa shape index (κ2) is 6.42. The van der Waals surface area contributed by atoms with E-state index in [2.05, 4.69) is 24.1 Å². The predicted molar refractivity (Wildman–Crippen MR) is 85.9 cm³/mol. The Labute approximate surface area is 127 Å². The van der Waals surface area contributed by atoms with Crippen molar-refractivity contribution in [3.8, 4) is 0 Å². The van der Waals surface area contributed by atoms with Gasteiger partial charge in [0.2, 0.25) is 0 Å². The van der Waals surface area contributed by atoms with E-state index in [-0.39, 0.29) is 6.04 Å². The molecule has 0 saturated heterocycles. The van der Waals surface area contributed by atoms with Gasteiger partial charge in [0.05, 0.1) is 12.1 Å². The number of hydrogen-bond acceptors (Lipinski definition) is 2. The van der Waals surface area contributed by atoms with Crippen molar-refractivity contribution < 1.29 is 5.11 Å². The lowest BCUT2D eigenvalue weighted by atomic mass is 9.94. The van der Waals surface area contributed by atoms with E-state index in [4.69, 9.17) is 0 Å². The Morgan fingerprint density at radius 3 is 2.00 bits per heavy atom. The molecule has 0 heterocycles. The van der Waals surface area contributed by atoms with E-state index in [1.54, 1.807) is 0 Å². The zero-order valence-electron chi connectivity index (χ0n) is 12.5. The second-order valence-electron chi connectivity index (χ2n) is 6.09. The van der Waals surface area contributed by atoms with Crippen LogP contribution in [0.3, 0.4) is 0 Å². The van der Waals surface area contributed by atoms with E-state index in [0.29, 0.717) is 0 Å². The van der Waals surface area contributed by atoms with E-state index in [9.17, 15) is 5.11 Å². The predicted octanol–water partition coefficient (Wildman–Crippen LogP) is 3.80. The summed E-state index contributed by atoms with van der Waals surface area (Å²) in [6.45, 7) is 1.06. The molecule has 110 valence electrons. The molecule has 3 rings (SSSR count). The van der Waals surface area contributed by atoms with E-state index < -0.39 is 6.10 Å². The van der Waals surface area contributed by atoms with Gasteiger partial charge in [0.1, 0.15) is 0 Å². The molecule has 0 aliphatic heterocycles. The first kappa shape index (κ1) is 14.3. The lowest BCUT2D eigenvalue weighted by Crippen LogP contribution is -2.31. The third-order valence-corrected chi connectivity index (χ3v) is 4.30. The molecule has 1 aliphatic rings. The number of likely N-dealkylation sites (N-methyl/N-ethyl adjacent to an activating group) is 1. The SMILES string of the molecule is CN(CC1CC1)C(c1ccccc1)C(O)c1ccccc1. The van der Waals surface area contributed by atoms with Gasteiger partial charge in [-0.05, 0) is 36.9 Å². The molecule has 0 radical (unpaired) electrons. The normalized spacial score (nSPS) is 17.7. The largest absolute Gasteiger partial charge is 0.386 e. The Balaban J connectivity index is 1.87. The van der Waals surface area contributed by atoms with Crippen LogP contribution in [0.5, 0.6) is 0 Å². The van der Waals surface area contributed by atoms with E-state index in [0.717, 1.165) is 18.0 Å². The summed E-state index contributed by atoms with van der Waals surface area (Å²) in [5, 5.41) is 10.9. The molecule has 1 N–H and O–H groups in total. The zero-order valence-corrected chi connectivity index (χ0v) is 12.5. The average molecular weight is 281 g/mol. The zero-order chi connectivity index (χ0) is 14.7. The van der Waals surface area contributed by atoms with Gasteiger partial charge in [-0.2, -0.15) is 0 Å². The van der Waals surface area contributed by atoms with Crippen LogP contribution in [0.4, 0.5) is 0 Å². The van der Waals surface area contributed by atoms with Gasteiger partial charge in [-0.25, -0.2) is 0 Å². The minimum absolute atomic E-state index is 0.00852. The molecule has 2 atom stereocenters. The van der Waals surface area contributed by atoms with Crippen molar-refractivity contribution in [1.29, 1.82) is 0 Å². The molecule has 1 saturated carbocycles. The first-order chi connectivity index (χ1) is 10.3. The summed E-state index contributed by atoms with van der Waals surface area (Å²) in [5.41, 5.74) is 2.16. The van der Waals surface area contributed by atoms with Crippen molar-refractivity contribution in [2.45, 2.75) is 25.0 Å². The van der Waals surface area contributed by atoms with Crippen molar-refractivity contribution >= 4 is 0 Å². The number of hydrogen-bond donors (Lipinski definition) is 1. The highest BCUT2D eigenvalue weighted by Crippen LogP contribution is 2.37. The molecule has 21 heavy (non-hydrogen) atoms. The Kier molecular flexibility index (Phi) is 4.37. The molecule has 1 fully saturated rings. The smallest absolute Gasteiger partial charge is 0.0986 e. The highest BCUT2D eigenvalue weighted by Gasteiger charge is 2.31. The minimum Gasteiger partial charge on any atom is -0.386 e. The molecule has 0 bridgehead atoms. The van der Waals surface area contributed by atoms with Crippen LogP contribution in [0, 0.1) is 5.92 Å². The van der Waals surface area contributed by atoms with E-state index in [1.807, 2.05) is 48.5 Å². The first-order valence-electron chi connectivity index (χ1n) is 7.74. The molecule has 0 aromatic heterocycles. The van der Waals surface area contributed by atoms with E-state index in [1.165, 1.54) is 18.4 Å². The van der Waals surface area contributed by atoms with Gasteiger partial charge >= 0.3 is 0 Å². The van der Waals surface area contributed by atoms with Crippen molar-refractivity contribution in [1.82, 2.24) is 4.90 Å². The molecule has 2 unspecified atom stereocenters. The van der Waals surface area contributed by atoms with Crippen molar-refractivity contribution in [2.24, 2.45) is 5.92 Å². The molecular weight excluding hydrogens is 258 g/mol. The molecule has 2 aromatic carbocycles. The maximum atomic E-state index is 10.9. The van der Waals surface area contributed by atoms with Gasteiger partial charge in [0.25, 0.3) is 0 Å². The molecule has 0 spiro atoms. The molecular formula is C19H23NO. The minimum atomic E-state index is -0.502. The van der Waals surface area contributed by atoms with Gasteiger partial charge < -0.3 is 5.11 Å². The molecule has 2 heteroatoms.